The molecule has 0 saturated carbocycles. The van der Waals surface area contributed by atoms with Crippen molar-refractivity contribution in [2.75, 3.05) is 30.3 Å². The molecular formula is C15H19FN2O3S. The first-order valence-electron chi connectivity index (χ1n) is 7.43. The summed E-state index contributed by atoms with van der Waals surface area (Å²) in [4.78, 5) is 14.1. The highest BCUT2D eigenvalue weighted by Gasteiger charge is 2.54. The van der Waals surface area contributed by atoms with Crippen LogP contribution >= 0.6 is 0 Å². The van der Waals surface area contributed by atoms with Crippen LogP contribution in [0.3, 0.4) is 0 Å². The minimum atomic E-state index is -3.19. The van der Waals surface area contributed by atoms with Gasteiger partial charge in [0.25, 0.3) is 0 Å². The average molecular weight is 326 g/mol. The zero-order valence-electron chi connectivity index (χ0n) is 12.5. The van der Waals surface area contributed by atoms with Crippen LogP contribution in [0.5, 0.6) is 0 Å². The maximum Gasteiger partial charge on any atom is 0.235 e. The zero-order chi connectivity index (χ0) is 16.0. The maximum atomic E-state index is 13.3. The van der Waals surface area contributed by atoms with E-state index < -0.39 is 15.4 Å². The Bertz CT molecular complexity index is 696. The van der Waals surface area contributed by atoms with Gasteiger partial charge in [0.2, 0.25) is 15.9 Å². The fourth-order valence-corrected chi connectivity index (χ4v) is 4.34. The molecular weight excluding hydrogens is 307 g/mol. The molecule has 5 nitrogen and oxygen atoms in total. The Balaban J connectivity index is 1.68. The summed E-state index contributed by atoms with van der Waals surface area (Å²) in [6, 6.07) is 5.99. The van der Waals surface area contributed by atoms with Gasteiger partial charge in [-0.2, -0.15) is 0 Å². The standard InChI is InChI=1S/C15H19FN2O3S/c1-2-22(20,21)17-8-6-15(7-9-17)11-18(14(15)19)13-5-3-4-12(16)10-13/h3-5,10H,2,6-9,11H2,1H3. The molecule has 0 unspecified atom stereocenters. The van der Waals surface area contributed by atoms with Gasteiger partial charge in [0.1, 0.15) is 5.82 Å². The van der Waals surface area contributed by atoms with Crippen LogP contribution in [-0.4, -0.2) is 44.0 Å². The summed E-state index contributed by atoms with van der Waals surface area (Å²) in [6.45, 7) is 2.94. The number of β-lactam (4-membered cyclic amide) rings is 1. The lowest BCUT2D eigenvalue weighted by atomic mass is 9.71. The number of hydrogen-bond donors (Lipinski definition) is 0. The largest absolute Gasteiger partial charge is 0.311 e. The van der Waals surface area contributed by atoms with E-state index in [1.807, 2.05) is 0 Å². The third-order valence-corrected chi connectivity index (χ3v) is 6.60. The van der Waals surface area contributed by atoms with E-state index in [0.717, 1.165) is 0 Å². The molecule has 0 aliphatic carbocycles. The van der Waals surface area contributed by atoms with Crippen molar-refractivity contribution in [1.82, 2.24) is 4.31 Å². The molecule has 22 heavy (non-hydrogen) atoms. The SMILES string of the molecule is CCS(=O)(=O)N1CCC2(CC1)CN(c1cccc(F)c1)C2=O. The molecule has 2 saturated heterocycles. The number of piperidine rings is 1. The molecule has 120 valence electrons. The van der Waals surface area contributed by atoms with E-state index in [2.05, 4.69) is 0 Å². The third-order valence-electron chi connectivity index (χ3n) is 4.72. The van der Waals surface area contributed by atoms with Crippen LogP contribution in [-0.2, 0) is 14.8 Å². The molecule has 1 aromatic carbocycles. The van der Waals surface area contributed by atoms with Crippen molar-refractivity contribution in [3.63, 3.8) is 0 Å². The van der Waals surface area contributed by atoms with E-state index in [1.54, 1.807) is 24.0 Å². The molecule has 2 aliphatic heterocycles. The van der Waals surface area contributed by atoms with Gasteiger partial charge in [-0.1, -0.05) is 6.07 Å². The first kappa shape index (κ1) is 15.4. The summed E-state index contributed by atoms with van der Waals surface area (Å²) < 4.78 is 38.5. The quantitative estimate of drug-likeness (QED) is 0.793. The Kier molecular flexibility index (Phi) is 3.72. The van der Waals surface area contributed by atoms with Crippen molar-refractivity contribution >= 4 is 21.6 Å². The normalized spacial score (nSPS) is 21.9. The van der Waals surface area contributed by atoms with Gasteiger partial charge in [0.05, 0.1) is 11.2 Å². The third kappa shape index (κ3) is 2.42. The van der Waals surface area contributed by atoms with E-state index in [9.17, 15) is 17.6 Å². The summed E-state index contributed by atoms with van der Waals surface area (Å²) in [5.74, 6) is -0.301. The van der Waals surface area contributed by atoms with E-state index in [-0.39, 0.29) is 17.5 Å². The smallest absolute Gasteiger partial charge is 0.235 e. The second-order valence-corrected chi connectivity index (χ2v) is 8.21. The predicted molar refractivity (Wildman–Crippen MR) is 81.5 cm³/mol. The Morgan fingerprint density at radius 2 is 1.95 bits per heavy atom. The Morgan fingerprint density at radius 3 is 2.50 bits per heavy atom. The first-order valence-corrected chi connectivity index (χ1v) is 9.04. The van der Waals surface area contributed by atoms with Crippen molar-refractivity contribution < 1.29 is 17.6 Å². The molecule has 3 rings (SSSR count). The fraction of sp³-hybridized carbons (Fsp3) is 0.533. The molecule has 7 heteroatoms. The van der Waals surface area contributed by atoms with Crippen LogP contribution in [0.1, 0.15) is 19.8 Å². The minimum absolute atomic E-state index is 0.0216. The fourth-order valence-electron chi connectivity index (χ4n) is 3.24. The number of anilines is 1. The minimum Gasteiger partial charge on any atom is -0.311 e. The van der Waals surface area contributed by atoms with Gasteiger partial charge in [-0.15, -0.1) is 0 Å². The van der Waals surface area contributed by atoms with Gasteiger partial charge in [-0.25, -0.2) is 17.1 Å². The van der Waals surface area contributed by atoms with Crippen LogP contribution < -0.4 is 4.90 Å². The predicted octanol–water partition coefficient (Wildman–Crippen LogP) is 1.60. The molecule has 0 aromatic heterocycles. The number of amides is 1. The maximum absolute atomic E-state index is 13.3. The summed E-state index contributed by atoms with van der Waals surface area (Å²) >= 11 is 0. The van der Waals surface area contributed by atoms with Crippen LogP contribution in [0.15, 0.2) is 24.3 Å². The molecule has 2 aliphatic rings. The molecule has 0 radical (unpaired) electrons. The molecule has 0 atom stereocenters. The number of benzene rings is 1. The van der Waals surface area contributed by atoms with Crippen molar-refractivity contribution in [2.24, 2.45) is 5.41 Å². The highest BCUT2D eigenvalue weighted by molar-refractivity contribution is 7.89. The second kappa shape index (κ2) is 5.31. The summed E-state index contributed by atoms with van der Waals surface area (Å²) in [6.07, 6.45) is 1.08. The summed E-state index contributed by atoms with van der Waals surface area (Å²) in [5.41, 5.74) is 0.103. The van der Waals surface area contributed by atoms with Gasteiger partial charge >= 0.3 is 0 Å². The van der Waals surface area contributed by atoms with Crippen LogP contribution in [0.25, 0.3) is 0 Å². The van der Waals surface area contributed by atoms with Gasteiger partial charge in [-0.05, 0) is 38.0 Å². The van der Waals surface area contributed by atoms with Crippen LogP contribution in [0, 0.1) is 11.2 Å². The molecule has 0 N–H and O–H groups in total. The van der Waals surface area contributed by atoms with Crippen molar-refractivity contribution in [3.8, 4) is 0 Å². The van der Waals surface area contributed by atoms with Crippen molar-refractivity contribution in [3.05, 3.63) is 30.1 Å². The van der Waals surface area contributed by atoms with E-state index in [1.165, 1.54) is 16.4 Å². The molecule has 1 amide bonds. The molecule has 0 bridgehead atoms. The average Bonchev–Trinajstić information content (AvgIpc) is 2.52. The van der Waals surface area contributed by atoms with Gasteiger partial charge in [0.15, 0.2) is 0 Å². The van der Waals surface area contributed by atoms with Gasteiger partial charge < -0.3 is 4.90 Å². The lowest BCUT2D eigenvalue weighted by Gasteiger charge is -2.52. The van der Waals surface area contributed by atoms with E-state index >= 15 is 0 Å². The lowest BCUT2D eigenvalue weighted by molar-refractivity contribution is -0.137. The summed E-state index contributed by atoms with van der Waals surface area (Å²) in [5, 5.41) is 0. The number of sulfonamides is 1. The highest BCUT2D eigenvalue weighted by atomic mass is 32.2. The van der Waals surface area contributed by atoms with Gasteiger partial charge in [-0.3, -0.25) is 4.79 Å². The number of nitrogens with zero attached hydrogens (tertiary/aromatic N) is 2. The number of carbonyl (C=O) groups is 1. The topological polar surface area (TPSA) is 57.7 Å². The zero-order valence-corrected chi connectivity index (χ0v) is 13.3. The monoisotopic (exact) mass is 326 g/mol. The number of hydrogen-bond acceptors (Lipinski definition) is 3. The first-order chi connectivity index (χ1) is 10.4. The molecule has 1 spiro atoms. The van der Waals surface area contributed by atoms with Crippen molar-refractivity contribution in [2.45, 2.75) is 19.8 Å². The van der Waals surface area contributed by atoms with Crippen LogP contribution in [0.4, 0.5) is 10.1 Å². The Labute approximate surface area is 129 Å². The number of halogens is 1. The number of rotatable bonds is 3. The molecule has 1 aromatic rings. The van der Waals surface area contributed by atoms with Crippen LogP contribution in [0.2, 0.25) is 0 Å². The molecule has 2 heterocycles. The molecule has 2 fully saturated rings. The van der Waals surface area contributed by atoms with E-state index in [4.69, 9.17) is 0 Å². The Hall–Kier alpha value is -1.47. The second-order valence-electron chi connectivity index (χ2n) is 5.95. The Morgan fingerprint density at radius 1 is 1.27 bits per heavy atom. The number of carbonyl (C=O) groups excluding carboxylic acids is 1. The van der Waals surface area contributed by atoms with E-state index in [0.29, 0.717) is 38.2 Å². The van der Waals surface area contributed by atoms with Gasteiger partial charge in [0, 0.05) is 25.3 Å². The lowest BCUT2D eigenvalue weighted by Crippen LogP contribution is -2.65. The highest BCUT2D eigenvalue weighted by Crippen LogP contribution is 2.44. The summed E-state index contributed by atoms with van der Waals surface area (Å²) in [7, 11) is -3.19. The van der Waals surface area contributed by atoms with Crippen molar-refractivity contribution in [1.29, 1.82) is 0 Å².